The van der Waals surface area contributed by atoms with E-state index in [1.165, 1.54) is 17.4 Å². The number of hydrogen-bond donors (Lipinski definition) is 0. The Morgan fingerprint density at radius 2 is 1.56 bits per heavy atom. The molecule has 2 aliphatic heterocycles. The molecule has 32 heavy (non-hydrogen) atoms. The molecule has 1 saturated heterocycles. The second-order valence-corrected chi connectivity index (χ2v) is 9.02. The third-order valence-electron chi connectivity index (χ3n) is 6.15. The molecule has 0 radical (unpaired) electrons. The van der Waals surface area contributed by atoms with Crippen LogP contribution in [0.1, 0.15) is 17.0 Å². The summed E-state index contributed by atoms with van der Waals surface area (Å²) in [5.74, 6) is 0.887. The highest BCUT2D eigenvalue weighted by molar-refractivity contribution is 7.22. The summed E-state index contributed by atoms with van der Waals surface area (Å²) in [7, 11) is 0. The van der Waals surface area contributed by atoms with Crippen LogP contribution < -0.4 is 9.64 Å². The molecule has 5 nitrogen and oxygen atoms in total. The molecule has 1 amide bonds. The number of benzene rings is 3. The number of para-hydroxylation sites is 3. The quantitative estimate of drug-likeness (QED) is 0.435. The zero-order valence-corrected chi connectivity index (χ0v) is 18.0. The van der Waals surface area contributed by atoms with Gasteiger partial charge >= 0.3 is 0 Å². The second-order valence-electron chi connectivity index (χ2n) is 8.01. The summed E-state index contributed by atoms with van der Waals surface area (Å²) in [5.41, 5.74) is 2.22. The predicted octanol–water partition coefficient (Wildman–Crippen LogP) is 5.02. The van der Waals surface area contributed by atoms with Crippen LogP contribution in [-0.4, -0.2) is 42.0 Å². The highest BCUT2D eigenvalue weighted by atomic mass is 32.1. The lowest BCUT2D eigenvalue weighted by Crippen LogP contribution is -2.50. The van der Waals surface area contributed by atoms with E-state index in [-0.39, 0.29) is 17.6 Å². The largest absolute Gasteiger partial charge is 0.457 e. The van der Waals surface area contributed by atoms with Crippen molar-refractivity contribution in [2.45, 2.75) is 5.92 Å². The van der Waals surface area contributed by atoms with E-state index in [9.17, 15) is 9.18 Å². The molecular formula is C25H20FN3O2S. The number of halogens is 1. The second kappa shape index (κ2) is 7.60. The molecular weight excluding hydrogens is 425 g/mol. The summed E-state index contributed by atoms with van der Waals surface area (Å²) < 4.78 is 20.9. The maximum absolute atomic E-state index is 14.0. The summed E-state index contributed by atoms with van der Waals surface area (Å²) in [5, 5.41) is 0.805. The Labute approximate surface area is 188 Å². The average Bonchev–Trinajstić information content (AvgIpc) is 3.28. The fourth-order valence-corrected chi connectivity index (χ4v) is 5.55. The Kier molecular flexibility index (Phi) is 4.57. The summed E-state index contributed by atoms with van der Waals surface area (Å²) in [6.07, 6.45) is 0. The van der Waals surface area contributed by atoms with Crippen LogP contribution in [0.5, 0.6) is 11.5 Å². The van der Waals surface area contributed by atoms with E-state index in [0.717, 1.165) is 32.5 Å². The van der Waals surface area contributed by atoms with Gasteiger partial charge in [-0.05, 0) is 24.3 Å². The van der Waals surface area contributed by atoms with E-state index in [0.29, 0.717) is 31.7 Å². The molecule has 0 unspecified atom stereocenters. The summed E-state index contributed by atoms with van der Waals surface area (Å²) in [6.45, 7) is 2.53. The van der Waals surface area contributed by atoms with Gasteiger partial charge in [0.25, 0.3) is 0 Å². The number of carbonyl (C=O) groups is 1. The van der Waals surface area contributed by atoms with Crippen molar-refractivity contribution in [3.8, 4) is 11.5 Å². The van der Waals surface area contributed by atoms with Gasteiger partial charge in [-0.3, -0.25) is 4.79 Å². The molecule has 160 valence electrons. The van der Waals surface area contributed by atoms with Gasteiger partial charge in [-0.25, -0.2) is 9.37 Å². The Hall–Kier alpha value is -3.45. The van der Waals surface area contributed by atoms with Crippen molar-refractivity contribution in [3.63, 3.8) is 0 Å². The zero-order valence-electron chi connectivity index (χ0n) is 17.2. The molecule has 0 N–H and O–H groups in total. The number of carbonyl (C=O) groups excluding carboxylic acids is 1. The van der Waals surface area contributed by atoms with Crippen molar-refractivity contribution in [2.24, 2.45) is 0 Å². The van der Waals surface area contributed by atoms with E-state index >= 15 is 0 Å². The first-order valence-corrected chi connectivity index (χ1v) is 11.5. The van der Waals surface area contributed by atoms with Gasteiger partial charge in [0.15, 0.2) is 5.13 Å². The first-order valence-electron chi connectivity index (χ1n) is 10.6. The number of ether oxygens (including phenoxy) is 1. The van der Waals surface area contributed by atoms with E-state index in [4.69, 9.17) is 4.74 Å². The number of piperazine rings is 1. The third-order valence-corrected chi connectivity index (χ3v) is 7.23. The first kappa shape index (κ1) is 19.3. The number of anilines is 1. The van der Waals surface area contributed by atoms with Crippen molar-refractivity contribution in [1.82, 2.24) is 9.88 Å². The Morgan fingerprint density at radius 3 is 2.22 bits per heavy atom. The van der Waals surface area contributed by atoms with Crippen molar-refractivity contribution < 1.29 is 13.9 Å². The summed E-state index contributed by atoms with van der Waals surface area (Å²) in [6, 6.07) is 20.5. The smallest absolute Gasteiger partial charge is 0.234 e. The standard InChI is InChI=1S/C25H20FN3O2S/c26-18-8-5-11-21-23(18)27-25(32-21)29-14-12-28(13-15-29)24(30)22-16-6-1-3-9-19(16)31-20-10-4-2-7-17(20)22/h1-11,22H,12-15H2. The number of amides is 1. The number of rotatable bonds is 2. The van der Waals surface area contributed by atoms with Crippen LogP contribution in [0.4, 0.5) is 9.52 Å². The topological polar surface area (TPSA) is 45.7 Å². The maximum Gasteiger partial charge on any atom is 0.234 e. The minimum Gasteiger partial charge on any atom is -0.457 e. The van der Waals surface area contributed by atoms with Crippen LogP contribution in [-0.2, 0) is 4.79 Å². The normalized spacial score (nSPS) is 15.9. The van der Waals surface area contributed by atoms with Gasteiger partial charge in [0, 0.05) is 37.3 Å². The predicted molar refractivity (Wildman–Crippen MR) is 123 cm³/mol. The molecule has 0 saturated carbocycles. The van der Waals surface area contributed by atoms with Crippen molar-refractivity contribution >= 4 is 32.6 Å². The minimum absolute atomic E-state index is 0.0863. The molecule has 3 aromatic carbocycles. The molecule has 0 bridgehead atoms. The van der Waals surface area contributed by atoms with Gasteiger partial charge in [-0.2, -0.15) is 0 Å². The Morgan fingerprint density at radius 1 is 0.906 bits per heavy atom. The Bertz CT molecular complexity index is 1280. The monoisotopic (exact) mass is 445 g/mol. The van der Waals surface area contributed by atoms with Gasteiger partial charge in [-0.15, -0.1) is 0 Å². The summed E-state index contributed by atoms with van der Waals surface area (Å²) >= 11 is 1.49. The lowest BCUT2D eigenvalue weighted by molar-refractivity contribution is -0.132. The fourth-order valence-electron chi connectivity index (χ4n) is 4.52. The molecule has 1 aromatic heterocycles. The fraction of sp³-hybridized carbons (Fsp3) is 0.200. The molecule has 7 heteroatoms. The van der Waals surface area contributed by atoms with E-state index < -0.39 is 0 Å². The zero-order chi connectivity index (χ0) is 21.7. The molecule has 0 atom stereocenters. The Balaban J connectivity index is 1.25. The highest BCUT2D eigenvalue weighted by Gasteiger charge is 2.36. The van der Waals surface area contributed by atoms with Crippen molar-refractivity contribution in [1.29, 1.82) is 0 Å². The summed E-state index contributed by atoms with van der Waals surface area (Å²) in [4.78, 5) is 22.3. The van der Waals surface area contributed by atoms with Crippen LogP contribution in [0.2, 0.25) is 0 Å². The van der Waals surface area contributed by atoms with E-state index in [2.05, 4.69) is 9.88 Å². The van der Waals surface area contributed by atoms with Crippen LogP contribution in [0, 0.1) is 5.82 Å². The molecule has 4 aromatic rings. The van der Waals surface area contributed by atoms with Gasteiger partial charge in [0.1, 0.15) is 22.8 Å². The highest BCUT2D eigenvalue weighted by Crippen LogP contribution is 2.44. The van der Waals surface area contributed by atoms with Gasteiger partial charge in [0.2, 0.25) is 5.91 Å². The first-order chi connectivity index (χ1) is 15.7. The minimum atomic E-state index is -0.376. The molecule has 3 heterocycles. The molecule has 0 spiro atoms. The number of aromatic nitrogens is 1. The maximum atomic E-state index is 14.0. The van der Waals surface area contributed by atoms with Gasteiger partial charge in [-0.1, -0.05) is 53.8 Å². The van der Waals surface area contributed by atoms with Crippen molar-refractivity contribution in [3.05, 3.63) is 83.7 Å². The number of nitrogens with zero attached hydrogens (tertiary/aromatic N) is 3. The molecule has 0 aliphatic carbocycles. The van der Waals surface area contributed by atoms with Gasteiger partial charge < -0.3 is 14.5 Å². The van der Waals surface area contributed by atoms with E-state index in [1.54, 1.807) is 6.07 Å². The van der Waals surface area contributed by atoms with Crippen molar-refractivity contribution in [2.75, 3.05) is 31.1 Å². The number of thiazole rings is 1. The number of hydrogen-bond acceptors (Lipinski definition) is 5. The third kappa shape index (κ3) is 3.12. The van der Waals surface area contributed by atoms with Gasteiger partial charge in [0.05, 0.1) is 10.6 Å². The van der Waals surface area contributed by atoms with Crippen LogP contribution in [0.25, 0.3) is 10.2 Å². The lowest BCUT2D eigenvalue weighted by Gasteiger charge is -2.37. The molecule has 6 rings (SSSR count). The lowest BCUT2D eigenvalue weighted by atomic mass is 9.86. The average molecular weight is 446 g/mol. The molecule has 1 fully saturated rings. The van der Waals surface area contributed by atoms with Crippen LogP contribution in [0.3, 0.4) is 0 Å². The van der Waals surface area contributed by atoms with Crippen LogP contribution in [0.15, 0.2) is 66.7 Å². The number of fused-ring (bicyclic) bond motifs is 3. The van der Waals surface area contributed by atoms with E-state index in [1.807, 2.05) is 59.5 Å². The molecule has 2 aliphatic rings. The SMILES string of the molecule is O=C(C1c2ccccc2Oc2ccccc21)N1CCN(c2nc3c(F)cccc3s2)CC1. The van der Waals surface area contributed by atoms with Crippen LogP contribution >= 0.6 is 11.3 Å².